The summed E-state index contributed by atoms with van der Waals surface area (Å²) < 4.78 is 0. The van der Waals surface area contributed by atoms with Crippen LogP contribution in [0.15, 0.2) is 0 Å². The average Bonchev–Trinajstić information content (AvgIpc) is 2.95. The molecule has 7 atom stereocenters. The van der Waals surface area contributed by atoms with E-state index in [1.807, 2.05) is 0 Å². The molecule has 0 radical (unpaired) electrons. The largest absolute Gasteiger partial charge is 0.382 e. The second kappa shape index (κ2) is 4.83. The van der Waals surface area contributed by atoms with Crippen LogP contribution in [0.5, 0.6) is 0 Å². The fourth-order valence-electron chi connectivity index (χ4n) is 6.79. The Morgan fingerprint density at radius 1 is 0.800 bits per heavy atom. The Morgan fingerprint density at radius 2 is 1.55 bits per heavy atom. The third-order valence-corrected chi connectivity index (χ3v) is 7.46. The van der Waals surface area contributed by atoms with Crippen LogP contribution in [0.25, 0.3) is 0 Å². The predicted octanol–water partition coefficient (Wildman–Crippen LogP) is 3.57. The van der Waals surface area contributed by atoms with Crippen molar-refractivity contribution in [2.45, 2.75) is 69.8 Å². The Hall–Kier alpha value is -0.370. The number of carbonyl (C=O) groups excluding carboxylic acids is 1. The molecule has 20 heavy (non-hydrogen) atoms. The third kappa shape index (κ3) is 1.83. The van der Waals surface area contributed by atoms with Gasteiger partial charge in [-0.05, 0) is 81.0 Å². The summed E-state index contributed by atoms with van der Waals surface area (Å²) in [4.78, 5) is 11.6. The number of fused-ring (bicyclic) bond motifs is 5. The van der Waals surface area contributed by atoms with Crippen molar-refractivity contribution in [1.82, 2.24) is 0 Å². The van der Waals surface area contributed by atoms with E-state index < -0.39 is 5.60 Å². The Bertz CT molecular complexity index is 393. The van der Waals surface area contributed by atoms with Crippen LogP contribution in [-0.2, 0) is 4.79 Å². The molecule has 112 valence electrons. The van der Waals surface area contributed by atoms with Crippen molar-refractivity contribution in [2.75, 3.05) is 0 Å². The van der Waals surface area contributed by atoms with Gasteiger partial charge < -0.3 is 9.90 Å². The normalized spacial score (nSPS) is 54.6. The molecule has 0 aliphatic heterocycles. The zero-order valence-electron chi connectivity index (χ0n) is 12.5. The first-order chi connectivity index (χ1) is 9.73. The van der Waals surface area contributed by atoms with E-state index in [2.05, 4.69) is 0 Å². The number of aliphatic hydroxyl groups is 1. The van der Waals surface area contributed by atoms with Gasteiger partial charge in [0.2, 0.25) is 0 Å². The lowest BCUT2D eigenvalue weighted by Gasteiger charge is -2.55. The minimum atomic E-state index is -0.988. The van der Waals surface area contributed by atoms with Crippen molar-refractivity contribution < 1.29 is 9.90 Å². The molecule has 0 heterocycles. The summed E-state index contributed by atoms with van der Waals surface area (Å²) in [5.74, 6) is 4.27. The van der Waals surface area contributed by atoms with Crippen molar-refractivity contribution in [3.8, 4) is 0 Å². The first kappa shape index (κ1) is 13.3. The standard InChI is InChI=1S/C18H28O2/c19-11-18(20)10-2-4-13-7-8-15-14-5-1-3-12(14)6-9-16(15)17(13)18/h11-17,20H,1-10H2/t12-,13?,14+,15-,16+,17-,18?/m0/s1. The molecule has 4 aliphatic carbocycles. The van der Waals surface area contributed by atoms with E-state index in [1.165, 1.54) is 51.4 Å². The summed E-state index contributed by atoms with van der Waals surface area (Å²) >= 11 is 0. The van der Waals surface area contributed by atoms with E-state index in [1.54, 1.807) is 0 Å². The zero-order valence-corrected chi connectivity index (χ0v) is 12.5. The molecule has 0 amide bonds. The summed E-state index contributed by atoms with van der Waals surface area (Å²) in [5, 5.41) is 10.9. The lowest BCUT2D eigenvalue weighted by Crippen LogP contribution is -2.55. The molecule has 2 heteroatoms. The van der Waals surface area contributed by atoms with Gasteiger partial charge in [0.15, 0.2) is 6.29 Å². The van der Waals surface area contributed by atoms with Gasteiger partial charge in [0, 0.05) is 5.92 Å². The highest BCUT2D eigenvalue weighted by molar-refractivity contribution is 5.63. The Balaban J connectivity index is 1.64. The molecule has 0 aromatic carbocycles. The van der Waals surface area contributed by atoms with Gasteiger partial charge >= 0.3 is 0 Å². The van der Waals surface area contributed by atoms with Crippen LogP contribution in [0.1, 0.15) is 64.2 Å². The molecule has 4 rings (SSSR count). The maximum Gasteiger partial charge on any atom is 0.151 e. The fourth-order valence-corrected chi connectivity index (χ4v) is 6.79. The summed E-state index contributed by atoms with van der Waals surface area (Å²) in [6.07, 6.45) is 13.5. The number of aldehydes is 1. The molecule has 2 nitrogen and oxygen atoms in total. The van der Waals surface area contributed by atoms with Crippen LogP contribution < -0.4 is 0 Å². The van der Waals surface area contributed by atoms with E-state index in [-0.39, 0.29) is 5.92 Å². The van der Waals surface area contributed by atoms with E-state index in [0.29, 0.717) is 11.8 Å². The minimum Gasteiger partial charge on any atom is -0.382 e. The van der Waals surface area contributed by atoms with Crippen LogP contribution in [0.4, 0.5) is 0 Å². The van der Waals surface area contributed by atoms with Gasteiger partial charge in [-0.25, -0.2) is 0 Å². The van der Waals surface area contributed by atoms with Crippen molar-refractivity contribution in [3.05, 3.63) is 0 Å². The first-order valence-electron chi connectivity index (χ1n) is 8.91. The van der Waals surface area contributed by atoms with Crippen molar-refractivity contribution in [3.63, 3.8) is 0 Å². The van der Waals surface area contributed by atoms with Crippen molar-refractivity contribution in [2.24, 2.45) is 35.5 Å². The monoisotopic (exact) mass is 276 g/mol. The Kier molecular flexibility index (Phi) is 3.21. The van der Waals surface area contributed by atoms with E-state index in [0.717, 1.165) is 36.9 Å². The van der Waals surface area contributed by atoms with Crippen LogP contribution in [0, 0.1) is 35.5 Å². The molecular formula is C18H28O2. The highest BCUT2D eigenvalue weighted by atomic mass is 16.3. The predicted molar refractivity (Wildman–Crippen MR) is 78.1 cm³/mol. The number of hydrogen-bond donors (Lipinski definition) is 1. The van der Waals surface area contributed by atoms with Crippen molar-refractivity contribution in [1.29, 1.82) is 0 Å². The van der Waals surface area contributed by atoms with Gasteiger partial charge in [0.1, 0.15) is 5.60 Å². The molecule has 0 aromatic heterocycles. The topological polar surface area (TPSA) is 37.3 Å². The van der Waals surface area contributed by atoms with Gasteiger partial charge in [-0.3, -0.25) is 0 Å². The molecule has 0 spiro atoms. The molecule has 4 aliphatic rings. The van der Waals surface area contributed by atoms with Gasteiger partial charge in [0.25, 0.3) is 0 Å². The first-order valence-corrected chi connectivity index (χ1v) is 8.91. The molecule has 0 aromatic rings. The molecule has 4 saturated carbocycles. The third-order valence-electron chi connectivity index (χ3n) is 7.46. The molecule has 4 fully saturated rings. The van der Waals surface area contributed by atoms with Crippen LogP contribution in [-0.4, -0.2) is 17.0 Å². The van der Waals surface area contributed by atoms with Crippen LogP contribution >= 0.6 is 0 Å². The average molecular weight is 276 g/mol. The smallest absolute Gasteiger partial charge is 0.151 e. The lowest BCUT2D eigenvalue weighted by atomic mass is 9.50. The molecule has 1 N–H and O–H groups in total. The number of carbonyl (C=O) groups is 1. The maximum atomic E-state index is 11.6. The quantitative estimate of drug-likeness (QED) is 0.743. The van der Waals surface area contributed by atoms with E-state index in [9.17, 15) is 9.90 Å². The highest BCUT2D eigenvalue weighted by Gasteiger charge is 2.55. The van der Waals surface area contributed by atoms with Crippen molar-refractivity contribution >= 4 is 6.29 Å². The summed E-state index contributed by atoms with van der Waals surface area (Å²) in [6.45, 7) is 0. The second-order valence-corrected chi connectivity index (χ2v) is 8.12. The Labute approximate surface area is 122 Å². The number of rotatable bonds is 1. The molecule has 0 saturated heterocycles. The SMILES string of the molecule is O=CC1(O)CCCC2CC[C@H]3[C@@H]4CCC[C@H]4CC[C@H]3[C@H]21. The van der Waals surface area contributed by atoms with Gasteiger partial charge in [-0.1, -0.05) is 12.8 Å². The zero-order chi connectivity index (χ0) is 13.7. The fraction of sp³-hybridized carbons (Fsp3) is 0.944. The van der Waals surface area contributed by atoms with Crippen LogP contribution in [0.3, 0.4) is 0 Å². The van der Waals surface area contributed by atoms with Crippen LogP contribution in [0.2, 0.25) is 0 Å². The molecular weight excluding hydrogens is 248 g/mol. The number of hydrogen-bond acceptors (Lipinski definition) is 2. The summed E-state index contributed by atoms with van der Waals surface area (Å²) in [6, 6.07) is 0. The lowest BCUT2D eigenvalue weighted by molar-refractivity contribution is -0.158. The Morgan fingerprint density at radius 3 is 2.40 bits per heavy atom. The second-order valence-electron chi connectivity index (χ2n) is 8.12. The van der Waals surface area contributed by atoms with Gasteiger partial charge in [0.05, 0.1) is 0 Å². The highest BCUT2D eigenvalue weighted by Crippen LogP contribution is 2.59. The van der Waals surface area contributed by atoms with Gasteiger partial charge in [-0.2, -0.15) is 0 Å². The van der Waals surface area contributed by atoms with E-state index in [4.69, 9.17) is 0 Å². The van der Waals surface area contributed by atoms with E-state index >= 15 is 0 Å². The maximum absolute atomic E-state index is 11.6. The molecule has 0 bridgehead atoms. The van der Waals surface area contributed by atoms with Gasteiger partial charge in [-0.15, -0.1) is 0 Å². The summed E-state index contributed by atoms with van der Waals surface area (Å²) in [5.41, 5.74) is -0.988. The minimum absolute atomic E-state index is 0.286. The summed E-state index contributed by atoms with van der Waals surface area (Å²) in [7, 11) is 0. The molecule has 2 unspecified atom stereocenters.